The Labute approximate surface area is 109 Å². The lowest BCUT2D eigenvalue weighted by molar-refractivity contribution is -0.165. The van der Waals surface area contributed by atoms with Crippen molar-refractivity contribution in [3.63, 3.8) is 0 Å². The van der Waals surface area contributed by atoms with E-state index in [9.17, 15) is 14.0 Å². The summed E-state index contributed by atoms with van der Waals surface area (Å²) in [5.41, 5.74) is -0.0330. The lowest BCUT2D eigenvalue weighted by Crippen LogP contribution is -2.21. The second kappa shape index (κ2) is 7.73. The number of carbonyl (C=O) groups excluding carboxylic acids is 2. The molecule has 18 heavy (non-hydrogen) atoms. The van der Waals surface area contributed by atoms with Crippen molar-refractivity contribution in [3.8, 4) is 0 Å². The minimum absolute atomic E-state index is 0.0330. The first-order valence-electron chi connectivity index (χ1n) is 4.91. The van der Waals surface area contributed by atoms with E-state index in [1.54, 1.807) is 7.05 Å². The van der Waals surface area contributed by atoms with Crippen LogP contribution in [0.5, 0.6) is 0 Å². The van der Waals surface area contributed by atoms with Gasteiger partial charge in [0, 0.05) is 14.0 Å². The molecule has 1 aromatic rings. The Morgan fingerprint density at radius 1 is 1.39 bits per heavy atom. The van der Waals surface area contributed by atoms with Crippen molar-refractivity contribution in [2.45, 2.75) is 13.8 Å². The van der Waals surface area contributed by atoms with Gasteiger partial charge in [0.2, 0.25) is 11.9 Å². The monoisotopic (exact) mass is 276 g/mol. The molecule has 0 aliphatic heterocycles. The first-order valence-corrected chi connectivity index (χ1v) is 5.28. The van der Waals surface area contributed by atoms with E-state index in [0.717, 1.165) is 5.06 Å². The SMILES string of the molecule is CC(=O)c1ccc(Cl)nc1F.CON(C)C(C)=O. The molecule has 5 nitrogen and oxygen atoms in total. The van der Waals surface area contributed by atoms with Crippen LogP contribution in [0.15, 0.2) is 12.1 Å². The van der Waals surface area contributed by atoms with E-state index in [1.807, 2.05) is 0 Å². The molecule has 0 N–H and O–H groups in total. The van der Waals surface area contributed by atoms with Crippen molar-refractivity contribution in [2.24, 2.45) is 0 Å². The highest BCUT2D eigenvalue weighted by Crippen LogP contribution is 2.10. The van der Waals surface area contributed by atoms with Crippen LogP contribution in [0.25, 0.3) is 0 Å². The molecule has 0 bridgehead atoms. The van der Waals surface area contributed by atoms with Gasteiger partial charge in [0.25, 0.3) is 0 Å². The van der Waals surface area contributed by atoms with Gasteiger partial charge in [-0.25, -0.2) is 10.0 Å². The molecule has 1 rings (SSSR count). The third-order valence-corrected chi connectivity index (χ3v) is 2.12. The fourth-order valence-corrected chi connectivity index (χ4v) is 0.940. The topological polar surface area (TPSA) is 59.5 Å². The molecule has 0 saturated carbocycles. The second-order valence-corrected chi connectivity index (χ2v) is 3.61. The number of hydrogen-bond acceptors (Lipinski definition) is 4. The average Bonchev–Trinajstić information content (AvgIpc) is 2.27. The van der Waals surface area contributed by atoms with E-state index in [0.29, 0.717) is 0 Å². The minimum Gasteiger partial charge on any atom is -0.294 e. The number of rotatable bonds is 2. The van der Waals surface area contributed by atoms with E-state index < -0.39 is 5.95 Å². The molecule has 100 valence electrons. The number of halogens is 2. The fraction of sp³-hybridized carbons (Fsp3) is 0.364. The van der Waals surface area contributed by atoms with E-state index in [-0.39, 0.29) is 22.4 Å². The molecular formula is C11H14ClFN2O3. The summed E-state index contributed by atoms with van der Waals surface area (Å²) in [6, 6.07) is 2.69. The highest BCUT2D eigenvalue weighted by molar-refractivity contribution is 6.29. The van der Waals surface area contributed by atoms with Gasteiger partial charge in [0.05, 0.1) is 12.7 Å². The highest BCUT2D eigenvalue weighted by atomic mass is 35.5. The van der Waals surface area contributed by atoms with E-state index in [1.165, 1.54) is 33.1 Å². The van der Waals surface area contributed by atoms with Gasteiger partial charge in [-0.3, -0.25) is 14.4 Å². The molecule has 1 heterocycles. The number of Topliss-reactive ketones (excluding diaryl/α,β-unsaturated/α-hetero) is 1. The standard InChI is InChI=1S/C7H5ClFNO.C4H9NO2/c1-4(11)5-2-3-6(8)10-7(5)9;1-4(6)5(2)7-3/h2-3H,1H3;1-3H3. The van der Waals surface area contributed by atoms with Crippen LogP contribution < -0.4 is 0 Å². The molecule has 1 amide bonds. The zero-order valence-corrected chi connectivity index (χ0v) is 11.3. The molecule has 0 fully saturated rings. The number of nitrogens with zero attached hydrogens (tertiary/aromatic N) is 2. The minimum atomic E-state index is -0.815. The zero-order chi connectivity index (χ0) is 14.3. The molecule has 1 aromatic heterocycles. The van der Waals surface area contributed by atoms with E-state index in [4.69, 9.17) is 11.6 Å². The van der Waals surface area contributed by atoms with Gasteiger partial charge in [0.15, 0.2) is 5.78 Å². The average molecular weight is 277 g/mol. The lowest BCUT2D eigenvalue weighted by Gasteiger charge is -2.08. The predicted molar refractivity (Wildman–Crippen MR) is 64.7 cm³/mol. The highest BCUT2D eigenvalue weighted by Gasteiger charge is 2.07. The number of ketones is 1. The summed E-state index contributed by atoms with van der Waals surface area (Å²) in [6.07, 6.45) is 0. The summed E-state index contributed by atoms with van der Waals surface area (Å²) >= 11 is 5.36. The summed E-state index contributed by atoms with van der Waals surface area (Å²) in [6.45, 7) is 2.71. The predicted octanol–water partition coefficient (Wildman–Crippen LogP) is 2.10. The van der Waals surface area contributed by atoms with Crippen LogP contribution >= 0.6 is 11.6 Å². The van der Waals surface area contributed by atoms with Crippen molar-refractivity contribution in [3.05, 3.63) is 28.8 Å². The van der Waals surface area contributed by atoms with Crippen LogP contribution in [0.1, 0.15) is 24.2 Å². The van der Waals surface area contributed by atoms with Gasteiger partial charge < -0.3 is 0 Å². The lowest BCUT2D eigenvalue weighted by atomic mass is 10.2. The van der Waals surface area contributed by atoms with Crippen LogP contribution in [0.4, 0.5) is 4.39 Å². The number of amides is 1. The Hall–Kier alpha value is -1.53. The molecule has 0 atom stereocenters. The van der Waals surface area contributed by atoms with Crippen molar-refractivity contribution >= 4 is 23.3 Å². The fourth-order valence-electron chi connectivity index (χ4n) is 0.803. The third kappa shape index (κ3) is 5.70. The van der Waals surface area contributed by atoms with Gasteiger partial charge in [-0.15, -0.1) is 0 Å². The number of hydroxylamine groups is 2. The number of carbonyl (C=O) groups is 2. The maximum absolute atomic E-state index is 12.7. The van der Waals surface area contributed by atoms with Crippen LogP contribution in [0, 0.1) is 5.95 Å². The van der Waals surface area contributed by atoms with Crippen molar-refractivity contribution in [2.75, 3.05) is 14.2 Å². The summed E-state index contributed by atoms with van der Waals surface area (Å²) < 4.78 is 12.7. The number of hydrogen-bond donors (Lipinski definition) is 0. The van der Waals surface area contributed by atoms with Crippen molar-refractivity contribution in [1.29, 1.82) is 0 Å². The smallest absolute Gasteiger partial charge is 0.242 e. The largest absolute Gasteiger partial charge is 0.294 e. The molecule has 0 aliphatic carbocycles. The second-order valence-electron chi connectivity index (χ2n) is 3.23. The Morgan fingerprint density at radius 3 is 2.22 bits per heavy atom. The third-order valence-electron chi connectivity index (χ3n) is 1.91. The molecule has 0 spiro atoms. The maximum Gasteiger partial charge on any atom is 0.242 e. The first kappa shape index (κ1) is 16.5. The summed E-state index contributed by atoms with van der Waals surface area (Å²) in [5, 5.41) is 1.20. The van der Waals surface area contributed by atoms with Crippen LogP contribution in [-0.4, -0.2) is 35.9 Å². The van der Waals surface area contributed by atoms with Crippen molar-refractivity contribution in [1.82, 2.24) is 10.0 Å². The summed E-state index contributed by atoms with van der Waals surface area (Å²) in [5.74, 6) is -1.26. The molecule has 0 aliphatic rings. The van der Waals surface area contributed by atoms with E-state index in [2.05, 4.69) is 9.82 Å². The number of pyridine rings is 1. The zero-order valence-electron chi connectivity index (χ0n) is 10.5. The normalized spacial score (nSPS) is 9.22. The Bertz CT molecular complexity index is 440. The van der Waals surface area contributed by atoms with Gasteiger partial charge >= 0.3 is 0 Å². The Morgan fingerprint density at radius 2 is 1.94 bits per heavy atom. The molecule has 0 radical (unpaired) electrons. The van der Waals surface area contributed by atoms with Crippen molar-refractivity contribution < 1.29 is 18.8 Å². The molecule has 0 unspecified atom stereocenters. The first-order chi connectivity index (χ1) is 8.29. The molecule has 0 saturated heterocycles. The summed E-state index contributed by atoms with van der Waals surface area (Å²) in [4.78, 5) is 28.6. The van der Waals surface area contributed by atoms with Gasteiger partial charge in [-0.2, -0.15) is 4.39 Å². The molecule has 7 heteroatoms. The Balaban J connectivity index is 0.000000360. The molecular weight excluding hydrogens is 263 g/mol. The quantitative estimate of drug-likeness (QED) is 0.471. The summed E-state index contributed by atoms with van der Waals surface area (Å²) in [7, 11) is 3.00. The number of aromatic nitrogens is 1. The van der Waals surface area contributed by atoms with Crippen LogP contribution in [-0.2, 0) is 9.63 Å². The van der Waals surface area contributed by atoms with Crippen LogP contribution in [0.2, 0.25) is 5.15 Å². The van der Waals surface area contributed by atoms with Gasteiger partial charge in [-0.05, 0) is 19.1 Å². The van der Waals surface area contributed by atoms with E-state index >= 15 is 0 Å². The van der Waals surface area contributed by atoms with Crippen LogP contribution in [0.3, 0.4) is 0 Å². The van der Waals surface area contributed by atoms with Gasteiger partial charge in [0.1, 0.15) is 5.15 Å². The molecule has 0 aromatic carbocycles. The maximum atomic E-state index is 12.7. The Kier molecular flexibility index (Phi) is 7.07. The van der Waals surface area contributed by atoms with Gasteiger partial charge in [-0.1, -0.05) is 11.6 Å².